The predicted molar refractivity (Wildman–Crippen MR) is 60.4 cm³/mol. The normalized spacial score (nSPS) is 26.5. The van der Waals surface area contributed by atoms with Crippen molar-refractivity contribution in [3.8, 4) is 0 Å². The molecule has 0 spiro atoms. The Bertz CT molecular complexity index is 307. The third-order valence-electron chi connectivity index (χ3n) is 3.33. The number of halogens is 1. The van der Waals surface area contributed by atoms with Gasteiger partial charge in [0.2, 0.25) is 0 Å². The topological polar surface area (TPSA) is 26.0 Å². The van der Waals surface area contributed by atoms with Crippen LogP contribution in [0, 0.1) is 0 Å². The van der Waals surface area contributed by atoms with E-state index in [4.69, 9.17) is 5.73 Å². The fourth-order valence-electron chi connectivity index (χ4n) is 2.36. The lowest BCUT2D eigenvalue weighted by molar-refractivity contribution is 0.216. The van der Waals surface area contributed by atoms with Crippen molar-refractivity contribution in [2.45, 2.75) is 44.3 Å². The maximum absolute atomic E-state index is 13.7. The Morgan fingerprint density at radius 3 is 2.40 bits per heavy atom. The molecule has 0 saturated heterocycles. The second-order valence-corrected chi connectivity index (χ2v) is 4.35. The third kappa shape index (κ3) is 2.37. The van der Waals surface area contributed by atoms with Crippen LogP contribution in [0.3, 0.4) is 0 Å². The Kier molecular flexibility index (Phi) is 3.37. The molecule has 1 saturated carbocycles. The summed E-state index contributed by atoms with van der Waals surface area (Å²) in [6, 6.07) is 8.09. The van der Waals surface area contributed by atoms with E-state index in [0.29, 0.717) is 6.54 Å². The Morgan fingerprint density at radius 1 is 1.13 bits per heavy atom. The zero-order valence-corrected chi connectivity index (χ0v) is 8.95. The number of alkyl halides is 1. The van der Waals surface area contributed by atoms with Crippen molar-refractivity contribution >= 4 is 0 Å². The molecule has 1 aromatic carbocycles. The Morgan fingerprint density at radius 2 is 1.80 bits per heavy atom. The summed E-state index contributed by atoms with van der Waals surface area (Å²) in [6.45, 7) is 0.560. The van der Waals surface area contributed by atoms with E-state index in [2.05, 4.69) is 0 Å². The van der Waals surface area contributed by atoms with Crippen LogP contribution in [0.15, 0.2) is 24.3 Å². The van der Waals surface area contributed by atoms with Gasteiger partial charge in [-0.05, 0) is 24.0 Å². The summed E-state index contributed by atoms with van der Waals surface area (Å²) in [5, 5.41) is 0. The summed E-state index contributed by atoms with van der Waals surface area (Å²) >= 11 is 0. The summed E-state index contributed by atoms with van der Waals surface area (Å²) in [6.07, 6.45) is 3.26. The molecule has 1 aromatic rings. The highest BCUT2D eigenvalue weighted by molar-refractivity contribution is 5.26. The van der Waals surface area contributed by atoms with Crippen LogP contribution in [0.4, 0.5) is 4.39 Å². The van der Waals surface area contributed by atoms with Gasteiger partial charge in [0, 0.05) is 12.5 Å². The summed E-state index contributed by atoms with van der Waals surface area (Å²) in [5.74, 6) is 0.116. The van der Waals surface area contributed by atoms with Crippen LogP contribution < -0.4 is 5.73 Å². The van der Waals surface area contributed by atoms with Crippen LogP contribution in [-0.2, 0) is 6.54 Å². The molecule has 0 aromatic heterocycles. The highest BCUT2D eigenvalue weighted by Gasteiger charge is 2.25. The van der Waals surface area contributed by atoms with Crippen LogP contribution in [0.25, 0.3) is 0 Å². The van der Waals surface area contributed by atoms with Gasteiger partial charge in [-0.25, -0.2) is 4.39 Å². The largest absolute Gasteiger partial charge is 0.326 e. The van der Waals surface area contributed by atoms with Gasteiger partial charge in [-0.15, -0.1) is 0 Å². The molecular weight excluding hydrogens is 189 g/mol. The zero-order valence-electron chi connectivity index (χ0n) is 8.95. The fourth-order valence-corrected chi connectivity index (χ4v) is 2.36. The van der Waals surface area contributed by atoms with Crippen LogP contribution in [-0.4, -0.2) is 6.17 Å². The maximum atomic E-state index is 13.7. The van der Waals surface area contributed by atoms with Gasteiger partial charge in [0.25, 0.3) is 0 Å². The molecule has 2 N–H and O–H groups in total. The molecule has 1 aliphatic carbocycles. The minimum Gasteiger partial charge on any atom is -0.326 e. The van der Waals surface area contributed by atoms with Gasteiger partial charge in [-0.1, -0.05) is 37.1 Å². The Balaban J connectivity index is 2.13. The van der Waals surface area contributed by atoms with Crippen molar-refractivity contribution in [2.24, 2.45) is 5.73 Å². The lowest BCUT2D eigenvalue weighted by Gasteiger charge is -2.26. The number of hydrogen-bond donors (Lipinski definition) is 1. The first kappa shape index (κ1) is 10.6. The Hall–Kier alpha value is -0.890. The smallest absolute Gasteiger partial charge is 0.107 e. The molecule has 2 atom stereocenters. The van der Waals surface area contributed by atoms with E-state index in [-0.39, 0.29) is 5.92 Å². The van der Waals surface area contributed by atoms with Gasteiger partial charge < -0.3 is 5.73 Å². The molecule has 0 heterocycles. The van der Waals surface area contributed by atoms with E-state index < -0.39 is 6.17 Å². The van der Waals surface area contributed by atoms with Gasteiger partial charge in [0.1, 0.15) is 6.17 Å². The highest BCUT2D eigenvalue weighted by atomic mass is 19.1. The maximum Gasteiger partial charge on any atom is 0.107 e. The summed E-state index contributed by atoms with van der Waals surface area (Å²) in [4.78, 5) is 0. The van der Waals surface area contributed by atoms with Crippen molar-refractivity contribution in [3.05, 3.63) is 35.4 Å². The van der Waals surface area contributed by atoms with Crippen LogP contribution in [0.1, 0.15) is 42.7 Å². The first-order chi connectivity index (χ1) is 7.31. The highest BCUT2D eigenvalue weighted by Crippen LogP contribution is 2.34. The number of hydrogen-bond acceptors (Lipinski definition) is 1. The van der Waals surface area contributed by atoms with Gasteiger partial charge in [0.15, 0.2) is 0 Å². The molecule has 1 nitrogen and oxygen atoms in total. The molecule has 15 heavy (non-hydrogen) atoms. The van der Waals surface area contributed by atoms with Crippen molar-refractivity contribution in [2.75, 3.05) is 0 Å². The van der Waals surface area contributed by atoms with E-state index in [1.54, 1.807) is 0 Å². The van der Waals surface area contributed by atoms with Crippen molar-refractivity contribution in [1.82, 2.24) is 0 Å². The van der Waals surface area contributed by atoms with Gasteiger partial charge in [-0.2, -0.15) is 0 Å². The lowest BCUT2D eigenvalue weighted by atomic mass is 9.82. The monoisotopic (exact) mass is 207 g/mol. The van der Waals surface area contributed by atoms with Gasteiger partial charge in [-0.3, -0.25) is 0 Å². The molecular formula is C13H18FN. The summed E-state index contributed by atoms with van der Waals surface area (Å²) in [7, 11) is 0. The van der Waals surface area contributed by atoms with Crippen molar-refractivity contribution in [1.29, 1.82) is 0 Å². The molecule has 1 fully saturated rings. The molecule has 0 amide bonds. The molecule has 2 heteroatoms. The van der Waals surface area contributed by atoms with Crippen LogP contribution in [0.2, 0.25) is 0 Å². The number of nitrogens with two attached hydrogens (primary N) is 1. The van der Waals surface area contributed by atoms with E-state index in [1.165, 1.54) is 0 Å². The van der Waals surface area contributed by atoms with E-state index >= 15 is 0 Å². The van der Waals surface area contributed by atoms with Gasteiger partial charge >= 0.3 is 0 Å². The lowest BCUT2D eigenvalue weighted by Crippen LogP contribution is -2.18. The predicted octanol–water partition coefficient (Wildman–Crippen LogP) is 3.14. The van der Waals surface area contributed by atoms with Crippen LogP contribution in [0.5, 0.6) is 0 Å². The number of benzene rings is 1. The third-order valence-corrected chi connectivity index (χ3v) is 3.33. The molecule has 0 radical (unpaired) electrons. The first-order valence-corrected chi connectivity index (χ1v) is 5.74. The summed E-state index contributed by atoms with van der Waals surface area (Å²) in [5.41, 5.74) is 7.79. The minimum atomic E-state index is -0.650. The second kappa shape index (κ2) is 4.75. The van der Waals surface area contributed by atoms with Crippen molar-refractivity contribution < 1.29 is 4.39 Å². The summed E-state index contributed by atoms with van der Waals surface area (Å²) < 4.78 is 13.7. The van der Waals surface area contributed by atoms with E-state index in [0.717, 1.165) is 36.8 Å². The molecule has 82 valence electrons. The second-order valence-electron chi connectivity index (χ2n) is 4.35. The Labute approximate surface area is 90.5 Å². The molecule has 2 rings (SSSR count). The fraction of sp³-hybridized carbons (Fsp3) is 0.538. The quantitative estimate of drug-likeness (QED) is 0.792. The molecule has 0 bridgehead atoms. The zero-order chi connectivity index (χ0) is 10.7. The van der Waals surface area contributed by atoms with E-state index in [9.17, 15) is 4.39 Å². The average molecular weight is 207 g/mol. The van der Waals surface area contributed by atoms with E-state index in [1.807, 2.05) is 24.3 Å². The van der Waals surface area contributed by atoms with Crippen LogP contribution >= 0.6 is 0 Å². The molecule has 2 unspecified atom stereocenters. The van der Waals surface area contributed by atoms with Crippen molar-refractivity contribution in [3.63, 3.8) is 0 Å². The first-order valence-electron chi connectivity index (χ1n) is 5.74. The minimum absolute atomic E-state index is 0.116. The number of rotatable bonds is 2. The molecule has 0 aliphatic heterocycles. The molecule has 1 aliphatic rings. The SMILES string of the molecule is NCc1ccc(C2CCCCC2F)cc1. The standard InChI is InChI=1S/C13H18FN/c14-13-4-2-1-3-12(13)11-7-5-10(9-15)6-8-11/h5-8,12-13H,1-4,9,15H2. The van der Waals surface area contributed by atoms with Gasteiger partial charge in [0.05, 0.1) is 0 Å². The average Bonchev–Trinajstić information content (AvgIpc) is 2.30.